The summed E-state index contributed by atoms with van der Waals surface area (Å²) in [5.41, 5.74) is 6.47. The maximum Gasteiger partial charge on any atom is 0.373 e. The van der Waals surface area contributed by atoms with Crippen molar-refractivity contribution in [3.8, 4) is 0 Å². The number of esters is 1. The van der Waals surface area contributed by atoms with Crippen molar-refractivity contribution in [1.29, 1.82) is 0 Å². The van der Waals surface area contributed by atoms with Crippen LogP contribution >= 0.6 is 18.5 Å². The average Bonchev–Trinajstić information content (AvgIpc) is 3.29. The van der Waals surface area contributed by atoms with Crippen molar-refractivity contribution in [2.45, 2.75) is 34.6 Å². The number of methoxy groups -OCH3 is 1. The molecule has 0 aliphatic heterocycles. The Morgan fingerprint density at radius 2 is 1.24 bits per heavy atom. The van der Waals surface area contributed by atoms with Crippen LogP contribution in [0, 0.1) is 34.6 Å². The summed E-state index contributed by atoms with van der Waals surface area (Å²) in [4.78, 5) is 11.4. The summed E-state index contributed by atoms with van der Waals surface area (Å²) >= 11 is 0. The van der Waals surface area contributed by atoms with Gasteiger partial charge in [-0.05, 0) is 79.6 Å². The van der Waals surface area contributed by atoms with Crippen molar-refractivity contribution in [3.05, 3.63) is 58.0 Å². The van der Waals surface area contributed by atoms with Crippen molar-refractivity contribution in [1.82, 2.24) is 0 Å². The second-order valence-electron chi connectivity index (χ2n) is 7.29. The van der Waals surface area contributed by atoms with Crippen molar-refractivity contribution in [2.75, 3.05) is 7.11 Å². The quantitative estimate of drug-likeness (QED) is 0.309. The molecule has 4 nitrogen and oxygen atoms in total. The lowest BCUT2D eigenvalue weighted by atomic mass is 10.1. The highest BCUT2D eigenvalue weighted by Crippen LogP contribution is 2.25. The van der Waals surface area contributed by atoms with E-state index in [1.54, 1.807) is 6.07 Å². The van der Waals surface area contributed by atoms with Gasteiger partial charge >= 0.3 is 5.97 Å². The van der Waals surface area contributed by atoms with Gasteiger partial charge in [-0.15, -0.1) is 18.5 Å². The first-order valence-corrected chi connectivity index (χ1v) is 10.4. The number of carbonyl (C=O) groups excluding carboxylic acids is 1. The maximum absolute atomic E-state index is 11.4. The normalized spacial score (nSPS) is 10.9. The standard InChI is InChI=1S/C12H13O3P.C11H13OP/c1-6-4-7(2)11(16)8-5-9(12(13)14-3)15-10(6)8;1-6-4-7(2)11(13)9-5-8(3)12-10(6)9/h4-5H,16H2,1-3H3;4-5H,13H2,1-3H3. The van der Waals surface area contributed by atoms with E-state index in [9.17, 15) is 4.79 Å². The predicted molar refractivity (Wildman–Crippen MR) is 126 cm³/mol. The number of hydrogen-bond donors (Lipinski definition) is 0. The summed E-state index contributed by atoms with van der Waals surface area (Å²) < 4.78 is 15.8. The number of aryl methyl sites for hydroxylation is 5. The lowest BCUT2D eigenvalue weighted by molar-refractivity contribution is 0.0567. The van der Waals surface area contributed by atoms with Gasteiger partial charge < -0.3 is 13.6 Å². The SMILES string of the molecule is COC(=O)c1cc2c(P)c(C)cc(C)c2o1.Cc1cc2c(P)c(C)cc(C)c2o1. The zero-order valence-electron chi connectivity index (χ0n) is 17.6. The molecule has 0 saturated heterocycles. The van der Waals surface area contributed by atoms with Crippen LogP contribution in [0.5, 0.6) is 0 Å². The molecule has 2 heterocycles. The summed E-state index contributed by atoms with van der Waals surface area (Å²) in [5.74, 6) is 0.778. The van der Waals surface area contributed by atoms with E-state index in [0.717, 1.165) is 38.7 Å². The first kappa shape index (κ1) is 21.6. The van der Waals surface area contributed by atoms with Crippen LogP contribution < -0.4 is 10.6 Å². The number of benzene rings is 2. The Morgan fingerprint density at radius 3 is 1.76 bits per heavy atom. The van der Waals surface area contributed by atoms with Crippen molar-refractivity contribution in [3.63, 3.8) is 0 Å². The summed E-state index contributed by atoms with van der Waals surface area (Å²) in [6, 6.07) is 8.02. The number of rotatable bonds is 1. The van der Waals surface area contributed by atoms with Crippen LogP contribution in [-0.2, 0) is 4.74 Å². The highest BCUT2D eigenvalue weighted by molar-refractivity contribution is 7.28. The fourth-order valence-corrected chi connectivity index (χ4v) is 4.05. The Kier molecular flexibility index (Phi) is 6.17. The van der Waals surface area contributed by atoms with Crippen molar-refractivity contribution in [2.24, 2.45) is 0 Å². The van der Waals surface area contributed by atoms with E-state index in [0.29, 0.717) is 0 Å². The molecular weight excluding hydrogens is 402 g/mol. The summed E-state index contributed by atoms with van der Waals surface area (Å²) in [6.45, 7) is 10.2. The lowest BCUT2D eigenvalue weighted by Crippen LogP contribution is -1.99. The Morgan fingerprint density at radius 1 is 0.759 bits per heavy atom. The maximum atomic E-state index is 11.4. The van der Waals surface area contributed by atoms with Gasteiger partial charge in [-0.1, -0.05) is 12.1 Å². The molecule has 0 bridgehead atoms. The van der Waals surface area contributed by atoms with Crippen LogP contribution in [0.15, 0.2) is 33.1 Å². The van der Waals surface area contributed by atoms with Crippen LogP contribution in [0.25, 0.3) is 21.9 Å². The second-order valence-corrected chi connectivity index (χ2v) is 8.45. The first-order chi connectivity index (χ1) is 13.6. The fraction of sp³-hybridized carbons (Fsp3) is 0.261. The minimum absolute atomic E-state index is 0.245. The highest BCUT2D eigenvalue weighted by Gasteiger charge is 2.16. The molecule has 0 fully saturated rings. The molecule has 152 valence electrons. The highest BCUT2D eigenvalue weighted by atomic mass is 31.0. The largest absolute Gasteiger partial charge is 0.463 e. The van der Waals surface area contributed by atoms with Gasteiger partial charge in [0.25, 0.3) is 0 Å². The molecule has 0 N–H and O–H groups in total. The van der Waals surface area contributed by atoms with Crippen molar-refractivity contribution >= 4 is 57.0 Å². The van der Waals surface area contributed by atoms with E-state index in [-0.39, 0.29) is 5.76 Å². The van der Waals surface area contributed by atoms with Gasteiger partial charge in [0.1, 0.15) is 16.9 Å². The third-order valence-electron chi connectivity index (χ3n) is 4.99. The molecule has 2 aromatic carbocycles. The molecule has 4 aromatic rings. The summed E-state index contributed by atoms with van der Waals surface area (Å²) in [6.07, 6.45) is 0. The number of hydrogen-bond acceptors (Lipinski definition) is 4. The zero-order chi connectivity index (χ0) is 21.5. The fourth-order valence-electron chi connectivity index (χ4n) is 3.45. The molecule has 0 amide bonds. The summed E-state index contributed by atoms with van der Waals surface area (Å²) in [7, 11) is 6.79. The molecule has 0 aliphatic rings. The third kappa shape index (κ3) is 4.10. The molecule has 0 radical (unpaired) electrons. The van der Waals surface area contributed by atoms with Gasteiger partial charge in [0.2, 0.25) is 5.76 Å². The molecule has 0 spiro atoms. The predicted octanol–water partition coefficient (Wildman–Crippen LogP) is 5.20. The van der Waals surface area contributed by atoms with Crippen LogP contribution in [0.1, 0.15) is 38.6 Å². The number of furan rings is 2. The Labute approximate surface area is 175 Å². The monoisotopic (exact) mass is 428 g/mol. The van der Waals surface area contributed by atoms with Gasteiger partial charge in [-0.3, -0.25) is 0 Å². The Hall–Kier alpha value is -2.15. The molecule has 2 atom stereocenters. The van der Waals surface area contributed by atoms with Gasteiger partial charge in [0.05, 0.1) is 7.11 Å². The number of ether oxygens (including phenoxy) is 1. The van der Waals surface area contributed by atoms with Crippen molar-refractivity contribution < 1.29 is 18.4 Å². The molecule has 2 aromatic heterocycles. The molecule has 4 rings (SSSR count). The topological polar surface area (TPSA) is 52.6 Å². The summed E-state index contributed by atoms with van der Waals surface area (Å²) in [5, 5.41) is 4.47. The molecule has 2 unspecified atom stereocenters. The second kappa shape index (κ2) is 8.30. The van der Waals surface area contributed by atoms with Crippen LogP contribution in [0.3, 0.4) is 0 Å². The first-order valence-electron chi connectivity index (χ1n) is 9.27. The van der Waals surface area contributed by atoms with Gasteiger partial charge in [0.15, 0.2) is 0 Å². The number of fused-ring (bicyclic) bond motifs is 2. The lowest BCUT2D eigenvalue weighted by Gasteiger charge is -2.02. The van der Waals surface area contributed by atoms with Crippen LogP contribution in [0.4, 0.5) is 0 Å². The minimum Gasteiger partial charge on any atom is -0.463 e. The third-order valence-corrected chi connectivity index (χ3v) is 6.52. The average molecular weight is 428 g/mol. The molecular formula is C23H26O4P2. The van der Waals surface area contributed by atoms with Gasteiger partial charge in [0, 0.05) is 10.8 Å². The molecule has 0 saturated carbocycles. The smallest absolute Gasteiger partial charge is 0.373 e. The van der Waals surface area contributed by atoms with Gasteiger partial charge in [-0.25, -0.2) is 4.79 Å². The van der Waals surface area contributed by atoms with Gasteiger partial charge in [-0.2, -0.15) is 0 Å². The Balaban J connectivity index is 0.000000169. The van der Waals surface area contributed by atoms with E-state index in [4.69, 9.17) is 8.83 Å². The van der Waals surface area contributed by atoms with Crippen LogP contribution in [-0.4, -0.2) is 13.1 Å². The minimum atomic E-state index is -0.447. The van der Waals surface area contributed by atoms with E-state index in [1.165, 1.54) is 28.9 Å². The molecule has 29 heavy (non-hydrogen) atoms. The van der Waals surface area contributed by atoms with Crippen LogP contribution in [0.2, 0.25) is 0 Å². The van der Waals surface area contributed by atoms with E-state index < -0.39 is 5.97 Å². The molecule has 6 heteroatoms. The Bertz CT molecular complexity index is 1230. The molecule has 0 aliphatic carbocycles. The van der Waals surface area contributed by atoms with E-state index in [1.807, 2.05) is 26.8 Å². The number of carbonyl (C=O) groups is 1. The van der Waals surface area contributed by atoms with E-state index in [2.05, 4.69) is 49.2 Å². The zero-order valence-corrected chi connectivity index (χ0v) is 19.9. The van der Waals surface area contributed by atoms with E-state index >= 15 is 0 Å².